The number of Topliss-reactive ketones (excluding diaryl/α,β-unsaturated/α-hetero) is 1. The number of halogens is 1. The molecule has 1 heterocycles. The fourth-order valence-corrected chi connectivity index (χ4v) is 2.12. The van der Waals surface area contributed by atoms with Gasteiger partial charge in [-0.3, -0.25) is 4.79 Å². The Labute approximate surface area is 122 Å². The van der Waals surface area contributed by atoms with Crippen molar-refractivity contribution in [3.63, 3.8) is 0 Å². The summed E-state index contributed by atoms with van der Waals surface area (Å²) in [5, 5.41) is 8.08. The van der Waals surface area contributed by atoms with Crippen molar-refractivity contribution in [2.45, 2.75) is 19.9 Å². The first-order valence-electron chi connectivity index (χ1n) is 6.27. The van der Waals surface area contributed by atoms with Gasteiger partial charge in [-0.15, -0.1) is 16.7 Å². The largest absolute Gasteiger partial charge is 0.496 e. The maximum atomic E-state index is 11.4. The minimum Gasteiger partial charge on any atom is -0.496 e. The van der Waals surface area contributed by atoms with Crippen molar-refractivity contribution in [3.05, 3.63) is 41.2 Å². The van der Waals surface area contributed by atoms with Crippen LogP contribution in [0.2, 0.25) is 0 Å². The Kier molecular flexibility index (Phi) is 4.74. The summed E-state index contributed by atoms with van der Waals surface area (Å²) in [6, 6.07) is 5.37. The Hall–Kier alpha value is -1.88. The number of alkyl halides is 1. The Morgan fingerprint density at radius 3 is 2.90 bits per heavy atom. The molecule has 2 aromatic rings. The minimum absolute atomic E-state index is 0.0234. The van der Waals surface area contributed by atoms with Crippen LogP contribution < -0.4 is 4.74 Å². The van der Waals surface area contributed by atoms with Gasteiger partial charge in [0.1, 0.15) is 5.75 Å². The normalized spacial score (nSPS) is 10.6. The SMILES string of the molecule is COc1ccc(C(C)=O)cc1Cn1cc(CCCl)nn1. The standard InChI is InChI=1S/C14H16ClN3O2/c1-10(19)11-3-4-14(20-2)12(7-11)8-18-9-13(5-6-15)16-17-18/h3-4,7,9H,5-6,8H2,1-2H3. The number of hydrogen-bond acceptors (Lipinski definition) is 4. The molecule has 1 aromatic heterocycles. The van der Waals surface area contributed by atoms with Crippen molar-refractivity contribution in [1.82, 2.24) is 15.0 Å². The van der Waals surface area contributed by atoms with Crippen LogP contribution in [0.4, 0.5) is 0 Å². The van der Waals surface area contributed by atoms with E-state index < -0.39 is 0 Å². The molecule has 2 rings (SSSR count). The van der Waals surface area contributed by atoms with Crippen LogP contribution in [0.15, 0.2) is 24.4 Å². The first-order chi connectivity index (χ1) is 9.63. The molecule has 0 radical (unpaired) electrons. The summed E-state index contributed by atoms with van der Waals surface area (Å²) in [7, 11) is 1.60. The maximum Gasteiger partial charge on any atom is 0.159 e. The number of ketones is 1. The average molecular weight is 294 g/mol. The average Bonchev–Trinajstić information content (AvgIpc) is 2.86. The lowest BCUT2D eigenvalue weighted by Gasteiger charge is -2.09. The summed E-state index contributed by atoms with van der Waals surface area (Å²) >= 11 is 5.67. The molecule has 0 atom stereocenters. The number of rotatable bonds is 6. The number of benzene rings is 1. The highest BCUT2D eigenvalue weighted by Gasteiger charge is 2.09. The predicted molar refractivity (Wildman–Crippen MR) is 76.5 cm³/mol. The fraction of sp³-hybridized carbons (Fsp3) is 0.357. The van der Waals surface area contributed by atoms with E-state index in [4.69, 9.17) is 16.3 Å². The molecular formula is C14H16ClN3O2. The van der Waals surface area contributed by atoms with Crippen LogP contribution in [0.1, 0.15) is 28.5 Å². The third-order valence-corrected chi connectivity index (χ3v) is 3.14. The molecule has 5 nitrogen and oxygen atoms in total. The molecule has 0 amide bonds. The molecule has 1 aromatic carbocycles. The number of nitrogens with zero attached hydrogens (tertiary/aromatic N) is 3. The van der Waals surface area contributed by atoms with E-state index in [9.17, 15) is 4.79 Å². The molecule has 0 aliphatic rings. The summed E-state index contributed by atoms with van der Waals surface area (Å²) in [6.07, 6.45) is 2.54. The topological polar surface area (TPSA) is 57.0 Å². The molecule has 20 heavy (non-hydrogen) atoms. The Bertz CT molecular complexity index is 610. The second kappa shape index (κ2) is 6.52. The second-order valence-electron chi connectivity index (χ2n) is 4.43. The Morgan fingerprint density at radius 1 is 1.45 bits per heavy atom. The molecule has 0 spiro atoms. The highest BCUT2D eigenvalue weighted by atomic mass is 35.5. The van der Waals surface area contributed by atoms with Crippen molar-refractivity contribution >= 4 is 17.4 Å². The summed E-state index contributed by atoms with van der Waals surface area (Å²) in [5.74, 6) is 1.27. The zero-order valence-electron chi connectivity index (χ0n) is 11.5. The van der Waals surface area contributed by atoms with Gasteiger partial charge in [0.25, 0.3) is 0 Å². The number of aryl methyl sites for hydroxylation is 1. The molecule has 0 N–H and O–H groups in total. The fourth-order valence-electron chi connectivity index (χ4n) is 1.92. The molecule has 0 bridgehead atoms. The third kappa shape index (κ3) is 3.36. The number of methoxy groups -OCH3 is 1. The number of carbonyl (C=O) groups excluding carboxylic acids is 1. The molecule has 0 aliphatic heterocycles. The lowest BCUT2D eigenvalue weighted by Crippen LogP contribution is -2.04. The summed E-state index contributed by atoms with van der Waals surface area (Å²) < 4.78 is 7.02. The van der Waals surface area contributed by atoms with Crippen LogP contribution in [0.25, 0.3) is 0 Å². The van der Waals surface area contributed by atoms with Gasteiger partial charge in [-0.05, 0) is 25.1 Å². The Balaban J connectivity index is 2.25. The second-order valence-corrected chi connectivity index (χ2v) is 4.81. The molecule has 0 saturated carbocycles. The minimum atomic E-state index is 0.0234. The van der Waals surface area contributed by atoms with Crippen LogP contribution in [0.3, 0.4) is 0 Å². The summed E-state index contributed by atoms with van der Waals surface area (Å²) in [6.45, 7) is 2.04. The van der Waals surface area contributed by atoms with Crippen molar-refractivity contribution in [1.29, 1.82) is 0 Å². The van der Waals surface area contributed by atoms with Crippen LogP contribution in [0.5, 0.6) is 5.75 Å². The lowest BCUT2D eigenvalue weighted by atomic mass is 10.1. The summed E-state index contributed by atoms with van der Waals surface area (Å²) in [4.78, 5) is 11.4. The van der Waals surface area contributed by atoms with E-state index in [-0.39, 0.29) is 5.78 Å². The van der Waals surface area contributed by atoms with Gasteiger partial charge in [-0.1, -0.05) is 5.21 Å². The zero-order valence-corrected chi connectivity index (χ0v) is 12.2. The molecular weight excluding hydrogens is 278 g/mol. The van der Waals surface area contributed by atoms with Crippen LogP contribution in [0, 0.1) is 0 Å². The monoisotopic (exact) mass is 293 g/mol. The number of ether oxygens (including phenoxy) is 1. The molecule has 106 valence electrons. The predicted octanol–water partition coefficient (Wildman–Crippen LogP) is 2.32. The maximum absolute atomic E-state index is 11.4. The van der Waals surface area contributed by atoms with Crippen molar-refractivity contribution in [2.75, 3.05) is 13.0 Å². The summed E-state index contributed by atoms with van der Waals surface area (Å²) in [5.41, 5.74) is 2.39. The third-order valence-electron chi connectivity index (χ3n) is 2.96. The van der Waals surface area contributed by atoms with Gasteiger partial charge < -0.3 is 4.74 Å². The van der Waals surface area contributed by atoms with Crippen molar-refractivity contribution in [2.24, 2.45) is 0 Å². The quantitative estimate of drug-likeness (QED) is 0.606. The first-order valence-corrected chi connectivity index (χ1v) is 6.80. The van der Waals surface area contributed by atoms with Crippen molar-refractivity contribution < 1.29 is 9.53 Å². The van der Waals surface area contributed by atoms with Gasteiger partial charge in [0.05, 0.1) is 19.3 Å². The Morgan fingerprint density at radius 2 is 2.25 bits per heavy atom. The van der Waals surface area contributed by atoms with E-state index in [1.54, 1.807) is 30.8 Å². The molecule has 0 fully saturated rings. The van der Waals surface area contributed by atoms with Gasteiger partial charge in [0.15, 0.2) is 5.78 Å². The van der Waals surface area contributed by atoms with Gasteiger partial charge in [0.2, 0.25) is 0 Å². The van der Waals surface area contributed by atoms with E-state index in [1.165, 1.54) is 0 Å². The van der Waals surface area contributed by atoms with Crippen LogP contribution in [-0.2, 0) is 13.0 Å². The lowest BCUT2D eigenvalue weighted by molar-refractivity contribution is 0.101. The highest BCUT2D eigenvalue weighted by molar-refractivity contribution is 6.17. The van der Waals surface area contributed by atoms with E-state index in [1.807, 2.05) is 12.3 Å². The van der Waals surface area contributed by atoms with Gasteiger partial charge >= 0.3 is 0 Å². The van der Waals surface area contributed by atoms with E-state index in [0.29, 0.717) is 24.4 Å². The zero-order chi connectivity index (χ0) is 14.5. The van der Waals surface area contributed by atoms with E-state index in [2.05, 4.69) is 10.3 Å². The number of aromatic nitrogens is 3. The molecule has 6 heteroatoms. The van der Waals surface area contributed by atoms with E-state index >= 15 is 0 Å². The van der Waals surface area contributed by atoms with Gasteiger partial charge in [-0.2, -0.15) is 0 Å². The molecule has 0 aliphatic carbocycles. The van der Waals surface area contributed by atoms with Crippen LogP contribution in [-0.4, -0.2) is 33.8 Å². The molecule has 0 saturated heterocycles. The molecule has 0 unspecified atom stereocenters. The van der Waals surface area contributed by atoms with Gasteiger partial charge in [0, 0.05) is 29.6 Å². The van der Waals surface area contributed by atoms with E-state index in [0.717, 1.165) is 17.0 Å². The van der Waals surface area contributed by atoms with Crippen molar-refractivity contribution in [3.8, 4) is 5.75 Å². The highest BCUT2D eigenvalue weighted by Crippen LogP contribution is 2.21. The van der Waals surface area contributed by atoms with Crippen LogP contribution >= 0.6 is 11.6 Å². The number of hydrogen-bond donors (Lipinski definition) is 0. The van der Waals surface area contributed by atoms with Gasteiger partial charge in [-0.25, -0.2) is 4.68 Å². The number of carbonyl (C=O) groups is 1. The first kappa shape index (κ1) is 14.5. The smallest absolute Gasteiger partial charge is 0.159 e.